The number of nitrogens with zero attached hydrogens (tertiary/aromatic N) is 2. The lowest BCUT2D eigenvalue weighted by Gasteiger charge is -2.10. The Bertz CT molecular complexity index is 911. The number of nitrogens with one attached hydrogen (secondary N) is 2. The summed E-state index contributed by atoms with van der Waals surface area (Å²) in [7, 11) is 0. The first-order valence-electron chi connectivity index (χ1n) is 7.39. The van der Waals surface area contributed by atoms with Crippen LogP contribution in [0.3, 0.4) is 0 Å². The standard InChI is InChI=1S/C17H14F2N4O2/c1-10-15(23-9-22-10)16(24)21-8-11-3-2-6-20-17(11)25-12-4-5-13(18)14(19)7-12/h2-7,9H,8H2,1H3,(H,21,24)(H,22,23). The minimum absolute atomic E-state index is 0.105. The van der Waals surface area contributed by atoms with E-state index in [1.807, 2.05) is 0 Å². The van der Waals surface area contributed by atoms with E-state index in [1.54, 1.807) is 19.1 Å². The first-order valence-corrected chi connectivity index (χ1v) is 7.39. The van der Waals surface area contributed by atoms with Crippen molar-refractivity contribution in [3.05, 3.63) is 71.4 Å². The number of amides is 1. The molecule has 0 bridgehead atoms. The molecule has 8 heteroatoms. The maximum absolute atomic E-state index is 13.3. The molecule has 0 saturated carbocycles. The second-order valence-electron chi connectivity index (χ2n) is 5.20. The third-order valence-electron chi connectivity index (χ3n) is 3.44. The van der Waals surface area contributed by atoms with Crippen LogP contribution in [-0.2, 0) is 6.54 Å². The lowest BCUT2D eigenvalue weighted by Crippen LogP contribution is -2.24. The molecule has 0 aliphatic carbocycles. The van der Waals surface area contributed by atoms with Gasteiger partial charge in [-0.2, -0.15) is 0 Å². The number of carbonyl (C=O) groups is 1. The number of aryl methyl sites for hydroxylation is 1. The lowest BCUT2D eigenvalue weighted by molar-refractivity contribution is 0.0945. The highest BCUT2D eigenvalue weighted by Crippen LogP contribution is 2.24. The van der Waals surface area contributed by atoms with Gasteiger partial charge in [-0.25, -0.2) is 18.7 Å². The van der Waals surface area contributed by atoms with Crippen molar-refractivity contribution in [2.24, 2.45) is 0 Å². The molecule has 128 valence electrons. The molecule has 3 aromatic rings. The molecule has 0 radical (unpaired) electrons. The monoisotopic (exact) mass is 344 g/mol. The minimum Gasteiger partial charge on any atom is -0.439 e. The summed E-state index contributed by atoms with van der Waals surface area (Å²) in [5.74, 6) is -2.03. The fourth-order valence-corrected chi connectivity index (χ4v) is 2.15. The second kappa shape index (κ2) is 7.08. The number of H-pyrrole nitrogens is 1. The molecule has 0 fully saturated rings. The second-order valence-corrected chi connectivity index (χ2v) is 5.20. The highest BCUT2D eigenvalue weighted by Gasteiger charge is 2.13. The highest BCUT2D eigenvalue weighted by molar-refractivity contribution is 5.93. The van der Waals surface area contributed by atoms with Crippen LogP contribution < -0.4 is 10.1 Å². The molecule has 6 nitrogen and oxygen atoms in total. The molecule has 0 saturated heterocycles. The number of carbonyl (C=O) groups excluding carboxylic acids is 1. The topological polar surface area (TPSA) is 79.9 Å². The van der Waals surface area contributed by atoms with Crippen molar-refractivity contribution >= 4 is 5.91 Å². The number of rotatable bonds is 5. The van der Waals surface area contributed by atoms with Crippen LogP contribution in [-0.4, -0.2) is 20.9 Å². The summed E-state index contributed by atoms with van der Waals surface area (Å²) in [6.45, 7) is 1.88. The van der Waals surface area contributed by atoms with Crippen molar-refractivity contribution in [1.82, 2.24) is 20.3 Å². The van der Waals surface area contributed by atoms with Gasteiger partial charge in [-0.15, -0.1) is 0 Å². The Morgan fingerprint density at radius 1 is 1.24 bits per heavy atom. The van der Waals surface area contributed by atoms with Crippen LogP contribution in [0.1, 0.15) is 21.7 Å². The summed E-state index contributed by atoms with van der Waals surface area (Å²) >= 11 is 0. The molecule has 2 aromatic heterocycles. The summed E-state index contributed by atoms with van der Waals surface area (Å²) in [6.07, 6.45) is 2.93. The maximum atomic E-state index is 13.3. The van der Waals surface area contributed by atoms with E-state index >= 15 is 0 Å². The van der Waals surface area contributed by atoms with Crippen LogP contribution >= 0.6 is 0 Å². The Kier molecular flexibility index (Phi) is 4.69. The number of hydrogen-bond donors (Lipinski definition) is 2. The first kappa shape index (κ1) is 16.6. The number of pyridine rings is 1. The van der Waals surface area contributed by atoms with E-state index in [2.05, 4.69) is 20.3 Å². The third kappa shape index (κ3) is 3.79. The number of benzene rings is 1. The largest absolute Gasteiger partial charge is 0.439 e. The Hall–Kier alpha value is -3.29. The zero-order valence-electron chi connectivity index (χ0n) is 13.2. The first-order chi connectivity index (χ1) is 12.0. The minimum atomic E-state index is -1.02. The van der Waals surface area contributed by atoms with Crippen LogP contribution in [0, 0.1) is 18.6 Å². The number of aromatic nitrogens is 3. The van der Waals surface area contributed by atoms with E-state index in [-0.39, 0.29) is 24.1 Å². The SMILES string of the molecule is Cc1[nH]cnc1C(=O)NCc1cccnc1Oc1ccc(F)c(F)c1. The molecule has 0 aliphatic heterocycles. The van der Waals surface area contributed by atoms with Crippen molar-refractivity contribution in [3.63, 3.8) is 0 Å². The zero-order valence-corrected chi connectivity index (χ0v) is 13.2. The summed E-state index contributed by atoms with van der Waals surface area (Å²) in [6, 6.07) is 6.58. The van der Waals surface area contributed by atoms with Gasteiger partial charge < -0.3 is 15.0 Å². The molecule has 0 atom stereocenters. The van der Waals surface area contributed by atoms with E-state index < -0.39 is 11.6 Å². The molecule has 0 aliphatic rings. The van der Waals surface area contributed by atoms with Crippen LogP contribution in [0.5, 0.6) is 11.6 Å². The zero-order chi connectivity index (χ0) is 17.8. The molecule has 2 N–H and O–H groups in total. The number of aromatic amines is 1. The van der Waals surface area contributed by atoms with Gasteiger partial charge >= 0.3 is 0 Å². The predicted molar refractivity (Wildman–Crippen MR) is 85.2 cm³/mol. The van der Waals surface area contributed by atoms with Gasteiger partial charge in [0, 0.05) is 30.1 Å². The van der Waals surface area contributed by atoms with Crippen molar-refractivity contribution in [2.45, 2.75) is 13.5 Å². The van der Waals surface area contributed by atoms with Gasteiger partial charge in [0.2, 0.25) is 5.88 Å². The quantitative estimate of drug-likeness (QED) is 0.745. The van der Waals surface area contributed by atoms with Crippen LogP contribution in [0.2, 0.25) is 0 Å². The smallest absolute Gasteiger partial charge is 0.272 e. The maximum Gasteiger partial charge on any atom is 0.272 e. The Labute approximate surface area is 141 Å². The van der Waals surface area contributed by atoms with Crippen molar-refractivity contribution < 1.29 is 18.3 Å². The molecule has 0 unspecified atom stereocenters. The van der Waals surface area contributed by atoms with Gasteiger partial charge in [0.05, 0.1) is 6.33 Å². The molecule has 0 spiro atoms. The normalized spacial score (nSPS) is 10.5. The van der Waals surface area contributed by atoms with Gasteiger partial charge in [0.15, 0.2) is 11.6 Å². The average Bonchev–Trinajstić information content (AvgIpc) is 3.03. The molecule has 3 rings (SSSR count). The lowest BCUT2D eigenvalue weighted by atomic mass is 10.2. The van der Waals surface area contributed by atoms with Crippen molar-refractivity contribution in [2.75, 3.05) is 0 Å². The molecule has 1 amide bonds. The van der Waals surface area contributed by atoms with E-state index in [4.69, 9.17) is 4.74 Å². The van der Waals surface area contributed by atoms with Crippen LogP contribution in [0.4, 0.5) is 8.78 Å². The van der Waals surface area contributed by atoms with E-state index in [0.29, 0.717) is 17.0 Å². The molecule has 25 heavy (non-hydrogen) atoms. The molecular weight excluding hydrogens is 330 g/mol. The fourth-order valence-electron chi connectivity index (χ4n) is 2.15. The Morgan fingerprint density at radius 3 is 2.80 bits per heavy atom. The number of hydrogen-bond acceptors (Lipinski definition) is 4. The highest BCUT2D eigenvalue weighted by atomic mass is 19.2. The summed E-state index contributed by atoms with van der Waals surface area (Å²) in [5, 5.41) is 2.71. The average molecular weight is 344 g/mol. The molecule has 2 heterocycles. The van der Waals surface area contributed by atoms with Gasteiger partial charge in [-0.3, -0.25) is 4.79 Å². The van der Waals surface area contributed by atoms with E-state index in [1.165, 1.54) is 18.6 Å². The Balaban J connectivity index is 1.73. The van der Waals surface area contributed by atoms with Crippen molar-refractivity contribution in [3.8, 4) is 11.6 Å². The fraction of sp³-hybridized carbons (Fsp3) is 0.118. The summed E-state index contributed by atoms with van der Waals surface area (Å²) in [5.41, 5.74) is 1.53. The Morgan fingerprint density at radius 2 is 2.08 bits per heavy atom. The third-order valence-corrected chi connectivity index (χ3v) is 3.44. The van der Waals surface area contributed by atoms with Crippen LogP contribution in [0.25, 0.3) is 0 Å². The summed E-state index contributed by atoms with van der Waals surface area (Å²) < 4.78 is 31.8. The number of halogens is 2. The van der Waals surface area contributed by atoms with Gasteiger partial charge in [-0.1, -0.05) is 6.07 Å². The van der Waals surface area contributed by atoms with Crippen LogP contribution in [0.15, 0.2) is 42.9 Å². The number of ether oxygens (including phenoxy) is 1. The van der Waals surface area contributed by atoms with E-state index in [9.17, 15) is 13.6 Å². The van der Waals surface area contributed by atoms with Crippen molar-refractivity contribution in [1.29, 1.82) is 0 Å². The van der Waals surface area contributed by atoms with Gasteiger partial charge in [0.1, 0.15) is 11.4 Å². The predicted octanol–water partition coefficient (Wildman–Crippen LogP) is 3.11. The molecule has 1 aromatic carbocycles. The summed E-state index contributed by atoms with van der Waals surface area (Å²) in [4.78, 5) is 22.9. The number of imidazole rings is 1. The van der Waals surface area contributed by atoms with Gasteiger partial charge in [-0.05, 0) is 25.1 Å². The van der Waals surface area contributed by atoms with Gasteiger partial charge in [0.25, 0.3) is 5.91 Å². The molecular formula is C17H14F2N4O2. The van der Waals surface area contributed by atoms with E-state index in [0.717, 1.165) is 12.1 Å².